The van der Waals surface area contributed by atoms with Gasteiger partial charge in [-0.3, -0.25) is 0 Å². The number of thiophene rings is 1. The molecule has 6 heteroatoms. The maximum Gasteiger partial charge on any atom is 0.250 e. The first-order valence-corrected chi connectivity index (χ1v) is 10.4. The molecule has 1 N–H and O–H groups in total. The van der Waals surface area contributed by atoms with Crippen LogP contribution in [0, 0.1) is 6.92 Å². The van der Waals surface area contributed by atoms with Gasteiger partial charge in [-0.05, 0) is 51.7 Å². The Bertz CT molecular complexity index is 936. The summed E-state index contributed by atoms with van der Waals surface area (Å²) >= 11 is 4.52. The van der Waals surface area contributed by atoms with E-state index in [-0.39, 0.29) is 0 Å². The van der Waals surface area contributed by atoms with Crippen molar-refractivity contribution in [1.29, 1.82) is 0 Å². The van der Waals surface area contributed by atoms with Crippen molar-refractivity contribution in [3.63, 3.8) is 0 Å². The number of sulfonamides is 1. The van der Waals surface area contributed by atoms with Gasteiger partial charge in [0.15, 0.2) is 0 Å². The zero-order chi connectivity index (χ0) is 17.2. The smallest absolute Gasteiger partial charge is 0.206 e. The third kappa shape index (κ3) is 3.78. The third-order valence-electron chi connectivity index (χ3n) is 3.72. The van der Waals surface area contributed by atoms with Crippen molar-refractivity contribution in [2.75, 3.05) is 0 Å². The highest BCUT2D eigenvalue weighted by Gasteiger charge is 2.25. The van der Waals surface area contributed by atoms with Crippen molar-refractivity contribution in [3.8, 4) is 0 Å². The van der Waals surface area contributed by atoms with Gasteiger partial charge in [-0.25, -0.2) is 8.42 Å². The molecule has 0 radical (unpaired) electrons. The number of rotatable bonds is 5. The van der Waals surface area contributed by atoms with Crippen molar-refractivity contribution in [2.24, 2.45) is 0 Å². The van der Waals surface area contributed by atoms with Crippen LogP contribution in [0.25, 0.3) is 0 Å². The molecule has 0 aliphatic heterocycles. The Balaban J connectivity index is 2.05. The highest BCUT2D eigenvalue weighted by Crippen LogP contribution is 2.30. The second-order valence-corrected chi connectivity index (χ2v) is 9.78. The Hall–Kier alpha value is -1.47. The van der Waals surface area contributed by atoms with Gasteiger partial charge in [0.2, 0.25) is 0 Å². The molecule has 0 bridgehead atoms. The van der Waals surface area contributed by atoms with Crippen LogP contribution in [0.1, 0.15) is 22.7 Å². The lowest BCUT2D eigenvalue weighted by molar-refractivity contribution is 0.574. The average Bonchev–Trinajstić information content (AvgIpc) is 3.02. The van der Waals surface area contributed by atoms with Crippen molar-refractivity contribution in [1.82, 2.24) is 4.72 Å². The van der Waals surface area contributed by atoms with E-state index in [1.807, 2.05) is 61.5 Å². The quantitative estimate of drug-likeness (QED) is 0.637. The monoisotopic (exact) mass is 421 g/mol. The van der Waals surface area contributed by atoms with Gasteiger partial charge in [-0.15, -0.1) is 11.3 Å². The van der Waals surface area contributed by atoms with Crippen molar-refractivity contribution in [3.05, 3.63) is 87.2 Å². The lowest BCUT2D eigenvalue weighted by atomic mass is 9.96. The summed E-state index contributed by atoms with van der Waals surface area (Å²) in [5.41, 5.74) is 2.90. The molecule has 0 amide bonds. The van der Waals surface area contributed by atoms with E-state index in [9.17, 15) is 8.42 Å². The molecule has 0 aliphatic carbocycles. The molecule has 0 saturated carbocycles. The van der Waals surface area contributed by atoms with E-state index in [4.69, 9.17) is 0 Å². The van der Waals surface area contributed by atoms with Gasteiger partial charge in [0, 0.05) is 0 Å². The Labute approximate surface area is 154 Å². The van der Waals surface area contributed by atoms with Crippen LogP contribution in [0.5, 0.6) is 0 Å². The molecule has 3 nitrogen and oxygen atoms in total. The molecule has 1 heterocycles. The van der Waals surface area contributed by atoms with Crippen LogP contribution < -0.4 is 4.72 Å². The first-order valence-electron chi connectivity index (χ1n) is 7.35. The van der Waals surface area contributed by atoms with Gasteiger partial charge in [-0.2, -0.15) is 4.72 Å². The van der Waals surface area contributed by atoms with Crippen molar-refractivity contribution >= 4 is 37.3 Å². The Kier molecular flexibility index (Phi) is 5.20. The number of nitrogens with one attached hydrogen (secondary N) is 1. The Morgan fingerprint density at radius 3 is 2.25 bits per heavy atom. The molecule has 2 aromatic carbocycles. The zero-order valence-corrected chi connectivity index (χ0v) is 16.2. The zero-order valence-electron chi connectivity index (χ0n) is 12.9. The van der Waals surface area contributed by atoms with E-state index in [2.05, 4.69) is 20.7 Å². The summed E-state index contributed by atoms with van der Waals surface area (Å²) in [5.74, 6) is 0. The van der Waals surface area contributed by atoms with E-state index in [0.29, 0.717) is 4.21 Å². The van der Waals surface area contributed by atoms with E-state index >= 15 is 0 Å². The average molecular weight is 422 g/mol. The van der Waals surface area contributed by atoms with Gasteiger partial charge in [0.25, 0.3) is 10.0 Å². The first-order chi connectivity index (χ1) is 11.5. The molecule has 1 atom stereocenters. The fourth-order valence-electron chi connectivity index (χ4n) is 2.52. The SMILES string of the molecule is Cc1ccccc1C(NS(=O)(=O)c1ccc(Br)s1)c1ccccc1. The largest absolute Gasteiger partial charge is 0.250 e. The van der Waals surface area contributed by atoms with Crippen molar-refractivity contribution < 1.29 is 8.42 Å². The van der Waals surface area contributed by atoms with Crippen LogP contribution in [0.4, 0.5) is 0 Å². The number of hydrogen-bond acceptors (Lipinski definition) is 3. The Morgan fingerprint density at radius 2 is 1.62 bits per heavy atom. The molecule has 0 aliphatic rings. The summed E-state index contributed by atoms with van der Waals surface area (Å²) in [4.78, 5) is 0. The number of aryl methyl sites for hydroxylation is 1. The molecular weight excluding hydrogens is 406 g/mol. The molecule has 3 aromatic rings. The maximum absolute atomic E-state index is 12.8. The summed E-state index contributed by atoms with van der Waals surface area (Å²) in [6.07, 6.45) is 0. The minimum Gasteiger partial charge on any atom is -0.206 e. The molecule has 1 aromatic heterocycles. The summed E-state index contributed by atoms with van der Waals surface area (Å²) in [5, 5.41) is 0. The lowest BCUT2D eigenvalue weighted by Crippen LogP contribution is -2.29. The lowest BCUT2D eigenvalue weighted by Gasteiger charge is -2.21. The van der Waals surface area contributed by atoms with Gasteiger partial charge in [0.1, 0.15) is 4.21 Å². The fourth-order valence-corrected chi connectivity index (χ4v) is 5.75. The van der Waals surface area contributed by atoms with E-state index in [1.54, 1.807) is 12.1 Å². The molecule has 1 unspecified atom stereocenters. The summed E-state index contributed by atoms with van der Waals surface area (Å²) in [6.45, 7) is 1.99. The molecular formula is C18H16BrNO2S2. The van der Waals surface area contributed by atoms with E-state index in [0.717, 1.165) is 20.5 Å². The van der Waals surface area contributed by atoms with Crippen LogP contribution >= 0.6 is 27.3 Å². The molecule has 0 fully saturated rings. The van der Waals surface area contributed by atoms with Crippen LogP contribution in [0.3, 0.4) is 0 Å². The number of benzene rings is 2. The second-order valence-electron chi connectivity index (χ2n) is 5.38. The molecule has 124 valence electrons. The van der Waals surface area contributed by atoms with E-state index in [1.165, 1.54) is 11.3 Å². The predicted molar refractivity (Wildman–Crippen MR) is 102 cm³/mol. The minimum atomic E-state index is -3.61. The van der Waals surface area contributed by atoms with Gasteiger partial charge in [0.05, 0.1) is 9.83 Å². The highest BCUT2D eigenvalue weighted by molar-refractivity contribution is 9.11. The van der Waals surface area contributed by atoms with Crippen LogP contribution in [0.15, 0.2) is 74.7 Å². The van der Waals surface area contributed by atoms with Crippen LogP contribution in [0.2, 0.25) is 0 Å². The number of hydrogen-bond donors (Lipinski definition) is 1. The molecule has 3 rings (SSSR count). The summed E-state index contributed by atoms with van der Waals surface area (Å²) in [7, 11) is -3.61. The maximum atomic E-state index is 12.8. The fraction of sp³-hybridized carbons (Fsp3) is 0.111. The van der Waals surface area contributed by atoms with Gasteiger partial charge in [-0.1, -0.05) is 54.6 Å². The Morgan fingerprint density at radius 1 is 0.958 bits per heavy atom. The van der Waals surface area contributed by atoms with Gasteiger partial charge >= 0.3 is 0 Å². The molecule has 0 saturated heterocycles. The molecule has 24 heavy (non-hydrogen) atoms. The summed E-state index contributed by atoms with van der Waals surface area (Å²) < 4.78 is 29.5. The third-order valence-corrected chi connectivity index (χ3v) is 7.26. The minimum absolute atomic E-state index is 0.295. The first kappa shape index (κ1) is 17.4. The predicted octanol–water partition coefficient (Wildman–Crippen LogP) is 4.89. The normalized spacial score (nSPS) is 12.9. The van der Waals surface area contributed by atoms with E-state index < -0.39 is 16.1 Å². The highest BCUT2D eigenvalue weighted by atomic mass is 79.9. The van der Waals surface area contributed by atoms with Crippen molar-refractivity contribution in [2.45, 2.75) is 17.2 Å². The number of halogens is 1. The van der Waals surface area contributed by atoms with Gasteiger partial charge < -0.3 is 0 Å². The van der Waals surface area contributed by atoms with Crippen LogP contribution in [-0.2, 0) is 10.0 Å². The second kappa shape index (κ2) is 7.19. The van der Waals surface area contributed by atoms with Crippen LogP contribution in [-0.4, -0.2) is 8.42 Å². The standard InChI is InChI=1S/C18H16BrNO2S2/c1-13-7-5-6-10-15(13)18(14-8-3-2-4-9-14)20-24(21,22)17-12-11-16(19)23-17/h2-12,18,20H,1H3. The summed E-state index contributed by atoms with van der Waals surface area (Å²) in [6, 6.07) is 20.4. The molecule has 0 spiro atoms. The topological polar surface area (TPSA) is 46.2 Å².